The Morgan fingerprint density at radius 3 is 2.22 bits per heavy atom. The molecule has 12 nitrogen and oxygen atoms in total. The summed E-state index contributed by atoms with van der Waals surface area (Å²) in [5, 5.41) is 24.3. The molecule has 1 fully saturated rings. The molecule has 4 amide bonds. The van der Waals surface area contributed by atoms with Crippen LogP contribution in [0.5, 0.6) is 11.5 Å². The highest BCUT2D eigenvalue weighted by atomic mass is 79.9. The minimum atomic E-state index is -0.992. The van der Waals surface area contributed by atoms with Crippen molar-refractivity contribution in [2.75, 3.05) is 4.90 Å². The maximum absolute atomic E-state index is 13.2. The molecular weight excluding hydrogens is 559 g/mol. The van der Waals surface area contributed by atoms with E-state index >= 15 is 0 Å². The van der Waals surface area contributed by atoms with Crippen LogP contribution in [0.3, 0.4) is 0 Å². The van der Waals surface area contributed by atoms with Crippen LogP contribution in [-0.4, -0.2) is 27.7 Å². The molecule has 3 aromatic carbocycles. The number of carbonyl (C=O) groups excluding carboxylic acids is 3. The maximum atomic E-state index is 13.2. The number of nitro benzene ring substituents is 2. The van der Waals surface area contributed by atoms with E-state index in [1.54, 1.807) is 0 Å². The minimum absolute atomic E-state index is 0.0527. The molecule has 14 heteroatoms. The van der Waals surface area contributed by atoms with E-state index in [1.807, 2.05) is 5.32 Å². The number of anilines is 1. The number of amides is 4. The van der Waals surface area contributed by atoms with Crippen LogP contribution in [0, 0.1) is 26.0 Å². The second-order valence-electron chi connectivity index (χ2n) is 7.39. The van der Waals surface area contributed by atoms with Crippen molar-refractivity contribution in [1.82, 2.24) is 5.32 Å². The zero-order chi connectivity index (χ0) is 26.9. The van der Waals surface area contributed by atoms with Gasteiger partial charge in [-0.1, -0.05) is 6.07 Å². The van der Waals surface area contributed by atoms with E-state index in [0.29, 0.717) is 10.5 Å². The van der Waals surface area contributed by atoms with Gasteiger partial charge in [-0.2, -0.15) is 0 Å². The Morgan fingerprint density at radius 1 is 0.919 bits per heavy atom. The Balaban J connectivity index is 1.63. The predicted octanol–water partition coefficient (Wildman–Crippen LogP) is 4.86. The van der Waals surface area contributed by atoms with Crippen molar-refractivity contribution in [3.05, 3.63) is 102 Å². The molecule has 0 aromatic heterocycles. The van der Waals surface area contributed by atoms with Crippen LogP contribution in [-0.2, 0) is 9.59 Å². The lowest BCUT2D eigenvalue weighted by Gasteiger charge is -2.26. The van der Waals surface area contributed by atoms with Crippen LogP contribution in [0.15, 0.2) is 70.7 Å². The summed E-state index contributed by atoms with van der Waals surface area (Å²) in [5.74, 6) is -2.60. The quantitative estimate of drug-likeness (QED) is 0.190. The number of nitrogens with zero attached hydrogens (tertiary/aromatic N) is 3. The molecule has 1 aliphatic heterocycles. The minimum Gasteiger partial charge on any atom is -0.449 e. The molecule has 0 saturated carbocycles. The number of carbonyl (C=O) groups is 3. The van der Waals surface area contributed by atoms with Crippen molar-refractivity contribution in [2.24, 2.45) is 0 Å². The molecule has 0 aliphatic carbocycles. The van der Waals surface area contributed by atoms with E-state index in [2.05, 4.69) is 15.9 Å². The number of nitrogens with one attached hydrogen (secondary N) is 1. The number of benzene rings is 3. The van der Waals surface area contributed by atoms with Gasteiger partial charge in [0.1, 0.15) is 17.1 Å². The molecule has 1 N–H and O–H groups in total. The molecular formula is C23H12BrFN4O8. The van der Waals surface area contributed by atoms with Crippen molar-refractivity contribution in [1.29, 1.82) is 0 Å². The van der Waals surface area contributed by atoms with Crippen LogP contribution >= 0.6 is 15.9 Å². The Bertz CT molecular complexity index is 1520. The van der Waals surface area contributed by atoms with Gasteiger partial charge in [0, 0.05) is 6.07 Å². The highest BCUT2D eigenvalue weighted by Crippen LogP contribution is 2.37. The molecule has 1 heterocycles. The van der Waals surface area contributed by atoms with E-state index in [0.717, 1.165) is 30.3 Å². The van der Waals surface area contributed by atoms with Gasteiger partial charge in [-0.25, -0.2) is 14.1 Å². The smallest absolute Gasteiger partial charge is 0.335 e. The van der Waals surface area contributed by atoms with Gasteiger partial charge < -0.3 is 4.74 Å². The zero-order valence-electron chi connectivity index (χ0n) is 18.2. The Morgan fingerprint density at radius 2 is 1.59 bits per heavy atom. The first kappa shape index (κ1) is 25.1. The molecule has 0 unspecified atom stereocenters. The molecule has 4 rings (SSSR count). The zero-order valence-corrected chi connectivity index (χ0v) is 19.8. The second-order valence-corrected chi connectivity index (χ2v) is 8.25. The lowest BCUT2D eigenvalue weighted by molar-refractivity contribution is -0.394. The van der Waals surface area contributed by atoms with E-state index in [4.69, 9.17) is 4.74 Å². The molecule has 186 valence electrons. The van der Waals surface area contributed by atoms with Crippen molar-refractivity contribution < 1.29 is 33.4 Å². The molecule has 37 heavy (non-hydrogen) atoms. The van der Waals surface area contributed by atoms with Gasteiger partial charge in [0.15, 0.2) is 0 Å². The topological polar surface area (TPSA) is 162 Å². The van der Waals surface area contributed by atoms with E-state index in [1.165, 1.54) is 36.4 Å². The summed E-state index contributed by atoms with van der Waals surface area (Å²) in [6.45, 7) is 0. The third kappa shape index (κ3) is 5.18. The fraction of sp³-hybridized carbons (Fsp3) is 0. The van der Waals surface area contributed by atoms with Crippen molar-refractivity contribution in [2.45, 2.75) is 0 Å². The Hall–Kier alpha value is -4.98. The van der Waals surface area contributed by atoms with Gasteiger partial charge in [0.25, 0.3) is 17.5 Å². The van der Waals surface area contributed by atoms with Gasteiger partial charge in [-0.05, 0) is 70.0 Å². The highest BCUT2D eigenvalue weighted by molar-refractivity contribution is 9.10. The van der Waals surface area contributed by atoms with Crippen LogP contribution < -0.4 is 15.0 Å². The lowest BCUT2D eigenvalue weighted by Crippen LogP contribution is -2.54. The van der Waals surface area contributed by atoms with Crippen LogP contribution in [0.1, 0.15) is 5.56 Å². The van der Waals surface area contributed by atoms with E-state index in [9.17, 15) is 39.0 Å². The number of hydrogen-bond acceptors (Lipinski definition) is 8. The highest BCUT2D eigenvalue weighted by Gasteiger charge is 2.36. The third-order valence-electron chi connectivity index (χ3n) is 5.02. The van der Waals surface area contributed by atoms with Crippen molar-refractivity contribution in [3.63, 3.8) is 0 Å². The number of barbiturate groups is 1. The van der Waals surface area contributed by atoms with Crippen molar-refractivity contribution >= 4 is 56.9 Å². The van der Waals surface area contributed by atoms with Gasteiger partial charge in [0.05, 0.1) is 26.1 Å². The number of halogens is 2. The largest absolute Gasteiger partial charge is 0.449 e. The number of non-ortho nitro benzene ring substituents is 1. The first-order chi connectivity index (χ1) is 17.5. The average Bonchev–Trinajstić information content (AvgIpc) is 2.84. The summed E-state index contributed by atoms with van der Waals surface area (Å²) in [6, 6.07) is 10.7. The fourth-order valence-corrected chi connectivity index (χ4v) is 3.78. The SMILES string of the molecule is O=C1NC(=O)N(c2ccc(F)cc2)C(=O)/C1=C/c1ccc(Oc2ccc([N+](=O)[O-])cc2[N+](=O)[O-])c(Br)c1. The summed E-state index contributed by atoms with van der Waals surface area (Å²) in [7, 11) is 0. The average molecular weight is 571 g/mol. The summed E-state index contributed by atoms with van der Waals surface area (Å²) in [6.07, 6.45) is 1.21. The number of imide groups is 2. The van der Waals surface area contributed by atoms with Gasteiger partial charge in [0.2, 0.25) is 5.75 Å². The molecule has 0 spiro atoms. The van der Waals surface area contributed by atoms with E-state index < -0.39 is 44.9 Å². The molecule has 0 atom stereocenters. The summed E-state index contributed by atoms with van der Waals surface area (Å²) in [4.78, 5) is 58.9. The normalized spacial score (nSPS) is 14.5. The number of ether oxygens (including phenoxy) is 1. The molecule has 3 aromatic rings. The molecule has 0 radical (unpaired) electrons. The lowest BCUT2D eigenvalue weighted by atomic mass is 10.1. The third-order valence-corrected chi connectivity index (χ3v) is 5.64. The summed E-state index contributed by atoms with van der Waals surface area (Å²) >= 11 is 3.25. The monoisotopic (exact) mass is 570 g/mol. The predicted molar refractivity (Wildman–Crippen MR) is 129 cm³/mol. The number of rotatable bonds is 6. The summed E-state index contributed by atoms with van der Waals surface area (Å²) in [5.41, 5.74) is -1.11. The maximum Gasteiger partial charge on any atom is 0.335 e. The molecule has 1 aliphatic rings. The Kier molecular flexibility index (Phi) is 6.75. The summed E-state index contributed by atoms with van der Waals surface area (Å²) < 4.78 is 19.1. The molecule has 0 bridgehead atoms. The number of hydrogen-bond donors (Lipinski definition) is 1. The Labute approximate surface area is 214 Å². The first-order valence-electron chi connectivity index (χ1n) is 10.1. The fourth-order valence-electron chi connectivity index (χ4n) is 3.31. The first-order valence-corrected chi connectivity index (χ1v) is 10.9. The van der Waals surface area contributed by atoms with E-state index in [-0.39, 0.29) is 27.2 Å². The second kappa shape index (κ2) is 9.94. The standard InChI is InChI=1S/C23H12BrFN4O8/c24-17-10-12(1-7-19(17)37-20-8-6-15(28(33)34)11-18(20)29(35)36)9-16-21(30)26-23(32)27(22(16)31)14-4-2-13(25)3-5-14/h1-11H,(H,26,30,32)/b16-9+. The van der Waals surface area contributed by atoms with Gasteiger partial charge in [-0.3, -0.25) is 35.1 Å². The number of urea groups is 1. The van der Waals surface area contributed by atoms with Gasteiger partial charge in [-0.15, -0.1) is 0 Å². The van der Waals surface area contributed by atoms with Crippen LogP contribution in [0.2, 0.25) is 0 Å². The van der Waals surface area contributed by atoms with Crippen LogP contribution in [0.25, 0.3) is 6.08 Å². The van der Waals surface area contributed by atoms with Gasteiger partial charge >= 0.3 is 11.7 Å². The van der Waals surface area contributed by atoms with Crippen molar-refractivity contribution in [3.8, 4) is 11.5 Å². The van der Waals surface area contributed by atoms with Crippen LogP contribution in [0.4, 0.5) is 26.2 Å². The number of nitro groups is 2. The molecule has 1 saturated heterocycles.